The van der Waals surface area contributed by atoms with E-state index in [1.165, 1.54) is 12.1 Å². The van der Waals surface area contributed by atoms with E-state index in [2.05, 4.69) is 16.2 Å². The predicted molar refractivity (Wildman–Crippen MR) is 86.9 cm³/mol. The van der Waals surface area contributed by atoms with Crippen molar-refractivity contribution in [1.82, 2.24) is 5.43 Å². The summed E-state index contributed by atoms with van der Waals surface area (Å²) in [4.78, 5) is 11.2. The van der Waals surface area contributed by atoms with Crippen LogP contribution in [0.3, 0.4) is 0 Å². The monoisotopic (exact) mass is 375 g/mol. The van der Waals surface area contributed by atoms with Gasteiger partial charge < -0.3 is 5.32 Å². The molecule has 10 heteroatoms. The zero-order chi connectivity index (χ0) is 17.7. The first kappa shape index (κ1) is 18.0. The first-order chi connectivity index (χ1) is 11.3. The average Bonchev–Trinajstić information content (AvgIpc) is 2.53. The molecule has 0 aliphatic heterocycles. The van der Waals surface area contributed by atoms with Crippen molar-refractivity contribution in [3.05, 3.63) is 53.6 Å². The predicted octanol–water partition coefficient (Wildman–Crippen LogP) is 3.48. The lowest BCUT2D eigenvalue weighted by Gasteiger charge is -2.11. The Bertz CT molecular complexity index is 829. The molecule has 0 bridgehead atoms. The van der Waals surface area contributed by atoms with Crippen LogP contribution in [-0.2, 0) is 9.84 Å². The number of carbonyl (C=O) groups is 1. The molecule has 6 nitrogen and oxygen atoms in total. The molecule has 0 saturated heterocycles. The van der Waals surface area contributed by atoms with Crippen molar-refractivity contribution >= 4 is 38.8 Å². The molecule has 0 aliphatic carbocycles. The van der Waals surface area contributed by atoms with Crippen molar-refractivity contribution in [2.24, 2.45) is 0 Å². The van der Waals surface area contributed by atoms with Gasteiger partial charge in [-0.3, -0.25) is 10.9 Å². The topological polar surface area (TPSA) is 87.3 Å². The fourth-order valence-electron chi connectivity index (χ4n) is 1.69. The number of rotatable bonds is 5. The quantitative estimate of drug-likeness (QED) is 0.698. The third kappa shape index (κ3) is 4.56. The zero-order valence-corrected chi connectivity index (χ0v) is 13.5. The summed E-state index contributed by atoms with van der Waals surface area (Å²) in [5.74, 6) is -3.49. The second-order valence-electron chi connectivity index (χ2n) is 4.54. The van der Waals surface area contributed by atoms with E-state index in [1.54, 1.807) is 24.3 Å². The number of benzene rings is 2. The Morgan fingerprint density at radius 3 is 2.29 bits per heavy atom. The van der Waals surface area contributed by atoms with E-state index in [1.807, 2.05) is 0 Å². The molecule has 2 aromatic carbocycles. The van der Waals surface area contributed by atoms with Gasteiger partial charge in [0.25, 0.3) is 0 Å². The molecule has 0 fully saturated rings. The van der Waals surface area contributed by atoms with Crippen molar-refractivity contribution in [3.63, 3.8) is 0 Å². The first-order valence-corrected chi connectivity index (χ1v) is 8.42. The lowest BCUT2D eigenvalue weighted by Crippen LogP contribution is -2.33. The van der Waals surface area contributed by atoms with E-state index in [9.17, 15) is 22.0 Å². The van der Waals surface area contributed by atoms with Crippen LogP contribution in [0.2, 0.25) is 5.02 Å². The third-order valence-electron chi connectivity index (χ3n) is 2.82. The standard InChI is InChI=1S/C14H12ClF2N3O3S/c15-9-2-1-3-11(8-9)18-14(21)20-19-10-4-6-12(7-5-10)24(22,23)13(16)17/h1-8,13,19H,(H2,18,20,21). The molecule has 128 valence electrons. The van der Waals surface area contributed by atoms with Crippen LogP contribution in [0.5, 0.6) is 0 Å². The molecule has 0 radical (unpaired) electrons. The summed E-state index contributed by atoms with van der Waals surface area (Å²) in [6.07, 6.45) is 0. The number of hydrazine groups is 1. The van der Waals surface area contributed by atoms with Gasteiger partial charge in [0.1, 0.15) is 0 Å². The van der Waals surface area contributed by atoms with Crippen LogP contribution >= 0.6 is 11.6 Å². The molecule has 2 amide bonds. The highest BCUT2D eigenvalue weighted by molar-refractivity contribution is 7.91. The van der Waals surface area contributed by atoms with Crippen LogP contribution in [0, 0.1) is 0 Å². The number of hydrogen-bond acceptors (Lipinski definition) is 4. The van der Waals surface area contributed by atoms with Crippen molar-refractivity contribution in [1.29, 1.82) is 0 Å². The molecule has 0 aromatic heterocycles. The fraction of sp³-hybridized carbons (Fsp3) is 0.0714. The summed E-state index contributed by atoms with van der Waals surface area (Å²) in [5.41, 5.74) is 5.60. The van der Waals surface area contributed by atoms with Crippen molar-refractivity contribution in [2.75, 3.05) is 10.7 Å². The Morgan fingerprint density at radius 2 is 1.71 bits per heavy atom. The van der Waals surface area contributed by atoms with Crippen molar-refractivity contribution < 1.29 is 22.0 Å². The summed E-state index contributed by atoms with van der Waals surface area (Å²) in [5, 5.41) is 2.97. The molecule has 0 heterocycles. The number of halogens is 3. The average molecular weight is 376 g/mol. The van der Waals surface area contributed by atoms with Gasteiger partial charge in [0.15, 0.2) is 0 Å². The Kier molecular flexibility index (Phi) is 5.58. The van der Waals surface area contributed by atoms with E-state index in [0.717, 1.165) is 12.1 Å². The maximum Gasteiger partial charge on any atom is 0.341 e. The van der Waals surface area contributed by atoms with E-state index in [-0.39, 0.29) is 0 Å². The Balaban J connectivity index is 1.94. The van der Waals surface area contributed by atoms with Crippen LogP contribution in [0.15, 0.2) is 53.4 Å². The molecule has 0 atom stereocenters. The Hall–Kier alpha value is -2.39. The summed E-state index contributed by atoms with van der Waals surface area (Å²) in [6, 6.07) is 10.4. The van der Waals surface area contributed by atoms with Gasteiger partial charge in [0.2, 0.25) is 9.84 Å². The highest BCUT2D eigenvalue weighted by Crippen LogP contribution is 2.20. The van der Waals surface area contributed by atoms with Gasteiger partial charge >= 0.3 is 11.8 Å². The minimum Gasteiger partial charge on any atom is -0.307 e. The van der Waals surface area contributed by atoms with E-state index >= 15 is 0 Å². The molecule has 3 N–H and O–H groups in total. The molecular weight excluding hydrogens is 364 g/mol. The number of sulfone groups is 1. The largest absolute Gasteiger partial charge is 0.341 e. The molecule has 24 heavy (non-hydrogen) atoms. The number of anilines is 2. The second-order valence-corrected chi connectivity index (χ2v) is 6.90. The molecule has 2 rings (SSSR count). The molecule has 0 unspecified atom stereocenters. The number of amides is 2. The number of alkyl halides is 2. The lowest BCUT2D eigenvalue weighted by molar-refractivity contribution is 0.234. The Labute approximate surface area is 141 Å². The van der Waals surface area contributed by atoms with Crippen LogP contribution in [-0.4, -0.2) is 20.2 Å². The summed E-state index contributed by atoms with van der Waals surface area (Å²) in [7, 11) is -4.64. The van der Waals surface area contributed by atoms with Gasteiger partial charge in [0, 0.05) is 10.7 Å². The lowest BCUT2D eigenvalue weighted by atomic mass is 10.3. The molecule has 0 aliphatic rings. The van der Waals surface area contributed by atoms with E-state index in [4.69, 9.17) is 11.6 Å². The van der Waals surface area contributed by atoms with Crippen molar-refractivity contribution in [2.45, 2.75) is 10.7 Å². The molecular formula is C14H12ClF2N3O3S. The van der Waals surface area contributed by atoms with E-state index < -0.39 is 26.5 Å². The molecule has 0 spiro atoms. The van der Waals surface area contributed by atoms with Gasteiger partial charge in [-0.05, 0) is 42.5 Å². The fourth-order valence-corrected chi connectivity index (χ4v) is 2.60. The number of carbonyl (C=O) groups excluding carboxylic acids is 1. The number of hydrogen-bond donors (Lipinski definition) is 3. The maximum absolute atomic E-state index is 12.4. The number of nitrogens with one attached hydrogen (secondary N) is 3. The first-order valence-electron chi connectivity index (χ1n) is 6.50. The maximum atomic E-state index is 12.4. The summed E-state index contributed by atoms with van der Waals surface area (Å²) < 4.78 is 47.4. The van der Waals surface area contributed by atoms with Crippen LogP contribution in [0.4, 0.5) is 25.0 Å². The normalized spacial score (nSPS) is 11.2. The smallest absolute Gasteiger partial charge is 0.307 e. The van der Waals surface area contributed by atoms with Gasteiger partial charge in [0.05, 0.1) is 10.6 Å². The summed E-state index contributed by atoms with van der Waals surface area (Å²) >= 11 is 5.79. The van der Waals surface area contributed by atoms with Crippen LogP contribution < -0.4 is 16.2 Å². The van der Waals surface area contributed by atoms with Gasteiger partial charge in [-0.1, -0.05) is 17.7 Å². The Morgan fingerprint density at radius 1 is 1.04 bits per heavy atom. The second kappa shape index (κ2) is 7.45. The highest BCUT2D eigenvalue weighted by Gasteiger charge is 2.26. The minimum absolute atomic E-state index is 0.310. The third-order valence-corrected chi connectivity index (χ3v) is 4.45. The van der Waals surface area contributed by atoms with E-state index in [0.29, 0.717) is 16.4 Å². The van der Waals surface area contributed by atoms with Gasteiger partial charge in [-0.15, -0.1) is 0 Å². The molecule has 2 aromatic rings. The van der Waals surface area contributed by atoms with Crippen LogP contribution in [0.25, 0.3) is 0 Å². The highest BCUT2D eigenvalue weighted by atomic mass is 35.5. The SMILES string of the molecule is O=C(NNc1ccc(S(=O)(=O)C(F)F)cc1)Nc1cccc(Cl)c1. The van der Waals surface area contributed by atoms with Gasteiger partial charge in [-0.25, -0.2) is 13.2 Å². The zero-order valence-electron chi connectivity index (χ0n) is 12.0. The van der Waals surface area contributed by atoms with Gasteiger partial charge in [-0.2, -0.15) is 8.78 Å². The van der Waals surface area contributed by atoms with Crippen molar-refractivity contribution in [3.8, 4) is 0 Å². The number of urea groups is 1. The molecule has 0 saturated carbocycles. The van der Waals surface area contributed by atoms with Crippen LogP contribution in [0.1, 0.15) is 0 Å². The summed E-state index contributed by atoms with van der Waals surface area (Å²) in [6.45, 7) is 0. The minimum atomic E-state index is -4.64.